The summed E-state index contributed by atoms with van der Waals surface area (Å²) in [5.41, 5.74) is 0.128. The average Bonchev–Trinajstić information content (AvgIpc) is 2.78. The summed E-state index contributed by atoms with van der Waals surface area (Å²) in [5, 5.41) is 14.5. The van der Waals surface area contributed by atoms with Crippen molar-refractivity contribution in [1.29, 1.82) is 0 Å². The van der Waals surface area contributed by atoms with Crippen LogP contribution in [-0.4, -0.2) is 39.6 Å². The number of fused-ring (bicyclic) bond motifs is 2. The predicted octanol–water partition coefficient (Wildman–Crippen LogP) is 3.94. The number of anilines is 1. The van der Waals surface area contributed by atoms with E-state index in [1.807, 2.05) is 25.7 Å². The zero-order valence-electron chi connectivity index (χ0n) is 14.9. The number of rotatable bonds is 3. The zero-order chi connectivity index (χ0) is 18.2. The van der Waals surface area contributed by atoms with Crippen molar-refractivity contribution >= 4 is 17.5 Å². The molecule has 2 bridgehead atoms. The number of benzene rings is 1. The smallest absolute Gasteiger partial charge is 0.410 e. The van der Waals surface area contributed by atoms with Gasteiger partial charge in [0.1, 0.15) is 11.3 Å². The van der Waals surface area contributed by atoms with Gasteiger partial charge in [-0.15, -0.1) is 0 Å². The van der Waals surface area contributed by atoms with E-state index in [1.54, 1.807) is 18.2 Å². The number of para-hydroxylation sites is 2. The van der Waals surface area contributed by atoms with Crippen LogP contribution in [0.1, 0.15) is 46.5 Å². The number of nitrogens with one attached hydrogen (secondary N) is 1. The first-order valence-corrected chi connectivity index (χ1v) is 8.76. The van der Waals surface area contributed by atoms with Gasteiger partial charge in [-0.05, 0) is 52.5 Å². The minimum Gasteiger partial charge on any atom is -0.444 e. The van der Waals surface area contributed by atoms with Crippen molar-refractivity contribution < 1.29 is 14.5 Å². The number of nitrogens with zero attached hydrogens (tertiary/aromatic N) is 2. The molecule has 1 amide bonds. The number of carbonyl (C=O) groups is 1. The van der Waals surface area contributed by atoms with Crippen molar-refractivity contribution in [2.75, 3.05) is 5.32 Å². The molecule has 3 rings (SSSR count). The maximum Gasteiger partial charge on any atom is 0.410 e. The molecule has 1 unspecified atom stereocenters. The highest BCUT2D eigenvalue weighted by Crippen LogP contribution is 2.38. The molecule has 2 heterocycles. The third kappa shape index (κ3) is 3.86. The maximum atomic E-state index is 12.5. The second-order valence-corrected chi connectivity index (χ2v) is 7.86. The quantitative estimate of drug-likeness (QED) is 0.661. The first-order chi connectivity index (χ1) is 11.7. The van der Waals surface area contributed by atoms with E-state index in [2.05, 4.69) is 5.32 Å². The average molecular weight is 347 g/mol. The summed E-state index contributed by atoms with van der Waals surface area (Å²) in [4.78, 5) is 25.2. The molecule has 25 heavy (non-hydrogen) atoms. The van der Waals surface area contributed by atoms with Gasteiger partial charge in [-0.1, -0.05) is 12.1 Å². The van der Waals surface area contributed by atoms with Crippen LogP contribution in [0.15, 0.2) is 24.3 Å². The monoisotopic (exact) mass is 347 g/mol. The lowest BCUT2D eigenvalue weighted by atomic mass is 9.97. The van der Waals surface area contributed by atoms with E-state index in [9.17, 15) is 14.9 Å². The number of hydrogen-bond donors (Lipinski definition) is 1. The van der Waals surface area contributed by atoms with E-state index in [4.69, 9.17) is 4.74 Å². The van der Waals surface area contributed by atoms with Crippen molar-refractivity contribution in [3.8, 4) is 0 Å². The highest BCUT2D eigenvalue weighted by molar-refractivity contribution is 5.70. The summed E-state index contributed by atoms with van der Waals surface area (Å²) in [7, 11) is 0. The second-order valence-electron chi connectivity index (χ2n) is 7.86. The van der Waals surface area contributed by atoms with Crippen molar-refractivity contribution in [2.45, 2.75) is 70.2 Å². The molecular formula is C18H25N3O4. The number of amides is 1. The summed E-state index contributed by atoms with van der Waals surface area (Å²) >= 11 is 0. The number of carbonyl (C=O) groups excluding carboxylic acids is 1. The molecule has 7 nitrogen and oxygen atoms in total. The molecule has 7 heteroatoms. The van der Waals surface area contributed by atoms with Crippen molar-refractivity contribution in [2.24, 2.45) is 0 Å². The zero-order valence-corrected chi connectivity index (χ0v) is 14.9. The molecule has 2 aliphatic heterocycles. The van der Waals surface area contributed by atoms with Crippen LogP contribution < -0.4 is 5.32 Å². The predicted molar refractivity (Wildman–Crippen MR) is 94.6 cm³/mol. The first-order valence-electron chi connectivity index (χ1n) is 8.76. The van der Waals surface area contributed by atoms with Gasteiger partial charge < -0.3 is 15.0 Å². The first kappa shape index (κ1) is 17.5. The molecule has 2 fully saturated rings. The number of hydrogen-bond acceptors (Lipinski definition) is 5. The fraction of sp³-hybridized carbons (Fsp3) is 0.611. The minimum absolute atomic E-state index is 0.0874. The van der Waals surface area contributed by atoms with Crippen molar-refractivity contribution in [1.82, 2.24) is 4.90 Å². The van der Waals surface area contributed by atoms with Gasteiger partial charge in [-0.25, -0.2) is 4.79 Å². The van der Waals surface area contributed by atoms with Crippen LogP contribution in [0.25, 0.3) is 0 Å². The van der Waals surface area contributed by atoms with E-state index < -0.39 is 5.60 Å². The highest BCUT2D eigenvalue weighted by atomic mass is 16.6. The molecule has 3 atom stereocenters. The lowest BCUT2D eigenvalue weighted by Crippen LogP contribution is -2.51. The Hall–Kier alpha value is -2.31. The Kier molecular flexibility index (Phi) is 4.58. The molecule has 2 saturated heterocycles. The molecule has 0 aliphatic carbocycles. The van der Waals surface area contributed by atoms with Gasteiger partial charge in [-0.2, -0.15) is 0 Å². The van der Waals surface area contributed by atoms with E-state index in [0.29, 0.717) is 5.69 Å². The Morgan fingerprint density at radius 2 is 1.84 bits per heavy atom. The van der Waals surface area contributed by atoms with Crippen molar-refractivity contribution in [3.05, 3.63) is 34.4 Å². The Bertz CT molecular complexity index is 657. The van der Waals surface area contributed by atoms with Crippen LogP contribution in [0.5, 0.6) is 0 Å². The number of ether oxygens (including phenoxy) is 1. The van der Waals surface area contributed by atoms with E-state index >= 15 is 0 Å². The molecule has 1 aromatic rings. The maximum absolute atomic E-state index is 12.5. The minimum atomic E-state index is -0.504. The normalized spacial score (nSPS) is 25.6. The molecule has 136 valence electrons. The molecule has 1 N–H and O–H groups in total. The molecule has 0 spiro atoms. The fourth-order valence-corrected chi connectivity index (χ4v) is 3.88. The van der Waals surface area contributed by atoms with Gasteiger partial charge in [0.15, 0.2) is 0 Å². The molecular weight excluding hydrogens is 322 g/mol. The van der Waals surface area contributed by atoms with Crippen LogP contribution in [0, 0.1) is 10.1 Å². The van der Waals surface area contributed by atoms with Gasteiger partial charge >= 0.3 is 6.09 Å². The lowest BCUT2D eigenvalue weighted by molar-refractivity contribution is -0.384. The summed E-state index contributed by atoms with van der Waals surface area (Å²) in [6, 6.07) is 7.09. The Morgan fingerprint density at radius 3 is 2.40 bits per heavy atom. The van der Waals surface area contributed by atoms with Crippen LogP contribution >= 0.6 is 0 Å². The molecule has 2 aliphatic rings. The van der Waals surface area contributed by atoms with Gasteiger partial charge in [0.2, 0.25) is 0 Å². The molecule has 0 aromatic heterocycles. The third-order valence-corrected chi connectivity index (χ3v) is 4.80. The largest absolute Gasteiger partial charge is 0.444 e. The van der Waals surface area contributed by atoms with E-state index in [0.717, 1.165) is 25.7 Å². The molecule has 0 radical (unpaired) electrons. The number of nitro groups is 1. The van der Waals surface area contributed by atoms with Crippen LogP contribution in [0.3, 0.4) is 0 Å². The topological polar surface area (TPSA) is 84.7 Å². The third-order valence-electron chi connectivity index (χ3n) is 4.80. The van der Waals surface area contributed by atoms with Crippen molar-refractivity contribution in [3.63, 3.8) is 0 Å². The lowest BCUT2D eigenvalue weighted by Gasteiger charge is -2.39. The van der Waals surface area contributed by atoms with Gasteiger partial charge in [0.05, 0.1) is 4.92 Å². The second kappa shape index (κ2) is 6.54. The van der Waals surface area contributed by atoms with Crippen LogP contribution in [0.4, 0.5) is 16.2 Å². The number of nitro benzene ring substituents is 1. The molecule has 1 aromatic carbocycles. The standard InChI is InChI=1S/C18H25N3O4/c1-18(2,3)25-17(22)20-13-8-9-14(20)11-12(10-13)19-15-6-4-5-7-16(15)21(23)24/h4-7,12-14,19H,8-11H2,1-3H3/t12?,13-,14+. The van der Waals surface area contributed by atoms with Gasteiger partial charge in [0.25, 0.3) is 5.69 Å². The summed E-state index contributed by atoms with van der Waals surface area (Å²) in [6.07, 6.45) is 3.23. The molecule has 0 saturated carbocycles. The van der Waals surface area contributed by atoms with E-state index in [-0.39, 0.29) is 34.8 Å². The summed E-state index contributed by atoms with van der Waals surface area (Å²) in [6.45, 7) is 5.61. The summed E-state index contributed by atoms with van der Waals surface area (Å²) in [5.74, 6) is 0. The van der Waals surface area contributed by atoms with Gasteiger partial charge in [-0.3, -0.25) is 10.1 Å². The number of piperidine rings is 1. The highest BCUT2D eigenvalue weighted by Gasteiger charge is 2.45. The fourth-order valence-electron chi connectivity index (χ4n) is 3.88. The Balaban J connectivity index is 1.68. The summed E-state index contributed by atoms with van der Waals surface area (Å²) < 4.78 is 5.54. The Labute approximate surface area is 147 Å². The van der Waals surface area contributed by atoms with Crippen LogP contribution in [-0.2, 0) is 4.74 Å². The SMILES string of the molecule is CC(C)(C)OC(=O)N1[C@@H]2CC[C@H]1CC(Nc1ccccc1[N+](=O)[O-])C2. The van der Waals surface area contributed by atoms with Gasteiger partial charge in [0, 0.05) is 24.2 Å². The van der Waals surface area contributed by atoms with Crippen LogP contribution in [0.2, 0.25) is 0 Å². The van der Waals surface area contributed by atoms with E-state index in [1.165, 1.54) is 6.07 Å². The Morgan fingerprint density at radius 1 is 1.24 bits per heavy atom.